The number of methoxy groups -OCH3 is 1. The lowest BCUT2D eigenvalue weighted by Gasteiger charge is -2.37. The van der Waals surface area contributed by atoms with Gasteiger partial charge < -0.3 is 14.0 Å². The third-order valence-electron chi connectivity index (χ3n) is 5.10. The Morgan fingerprint density at radius 1 is 1.29 bits per heavy atom. The first-order valence-electron chi connectivity index (χ1n) is 8.45. The second-order valence-electron chi connectivity index (χ2n) is 6.34. The highest BCUT2D eigenvalue weighted by Crippen LogP contribution is 2.37. The van der Waals surface area contributed by atoms with Gasteiger partial charge in [0.2, 0.25) is 10.0 Å². The molecule has 136 valence electrons. The molecule has 0 atom stereocenters. The van der Waals surface area contributed by atoms with Crippen molar-refractivity contribution in [1.82, 2.24) is 14.4 Å². The van der Waals surface area contributed by atoms with Gasteiger partial charge in [-0.3, -0.25) is 0 Å². The highest BCUT2D eigenvalue weighted by Gasteiger charge is 2.43. The van der Waals surface area contributed by atoms with E-state index in [4.69, 9.17) is 14.0 Å². The van der Waals surface area contributed by atoms with E-state index in [1.165, 1.54) is 4.31 Å². The second-order valence-corrected chi connectivity index (χ2v) is 8.60. The minimum atomic E-state index is -3.18. The molecule has 0 saturated carbocycles. The van der Waals surface area contributed by atoms with Gasteiger partial charge in [-0.15, -0.1) is 0 Å². The van der Waals surface area contributed by atoms with Crippen molar-refractivity contribution in [3.05, 3.63) is 11.7 Å². The normalized spacial score (nSPS) is 23.4. The molecule has 0 unspecified atom stereocenters. The SMILES string of the molecule is CCS(=O)(=O)N1CCC(OC)(c2nc(C3CCOCC3)no2)CC1. The van der Waals surface area contributed by atoms with E-state index < -0.39 is 15.6 Å². The molecule has 2 aliphatic heterocycles. The van der Waals surface area contributed by atoms with Crippen LogP contribution in [0.15, 0.2) is 4.52 Å². The van der Waals surface area contributed by atoms with Crippen LogP contribution in [0.1, 0.15) is 50.2 Å². The Morgan fingerprint density at radius 3 is 2.54 bits per heavy atom. The van der Waals surface area contributed by atoms with Gasteiger partial charge in [-0.25, -0.2) is 12.7 Å². The van der Waals surface area contributed by atoms with Gasteiger partial charge in [0.25, 0.3) is 5.89 Å². The Kier molecular flexibility index (Phi) is 5.24. The number of nitrogens with zero attached hydrogens (tertiary/aromatic N) is 3. The Labute approximate surface area is 142 Å². The molecule has 0 spiro atoms. The molecule has 8 nitrogen and oxygen atoms in total. The second kappa shape index (κ2) is 7.07. The molecular weight excluding hydrogens is 334 g/mol. The third kappa shape index (κ3) is 3.35. The summed E-state index contributed by atoms with van der Waals surface area (Å²) in [5.41, 5.74) is -0.698. The Balaban J connectivity index is 1.74. The van der Waals surface area contributed by atoms with E-state index >= 15 is 0 Å². The average Bonchev–Trinajstić information content (AvgIpc) is 3.13. The van der Waals surface area contributed by atoms with Crippen molar-refractivity contribution in [2.24, 2.45) is 0 Å². The molecule has 0 amide bonds. The van der Waals surface area contributed by atoms with Crippen LogP contribution in [0, 0.1) is 0 Å². The summed E-state index contributed by atoms with van der Waals surface area (Å²) in [6.45, 7) is 3.89. The van der Waals surface area contributed by atoms with Crippen molar-refractivity contribution in [2.45, 2.75) is 44.1 Å². The third-order valence-corrected chi connectivity index (χ3v) is 6.98. The van der Waals surface area contributed by atoms with Gasteiger partial charge in [0.15, 0.2) is 5.82 Å². The van der Waals surface area contributed by atoms with Crippen molar-refractivity contribution >= 4 is 10.0 Å². The van der Waals surface area contributed by atoms with Crippen LogP contribution in [0.5, 0.6) is 0 Å². The molecule has 2 saturated heterocycles. The lowest BCUT2D eigenvalue weighted by Crippen LogP contribution is -2.46. The van der Waals surface area contributed by atoms with E-state index in [0.717, 1.165) is 12.8 Å². The van der Waals surface area contributed by atoms with Gasteiger partial charge in [-0.2, -0.15) is 4.98 Å². The molecule has 0 bridgehead atoms. The summed E-state index contributed by atoms with van der Waals surface area (Å²) in [4.78, 5) is 4.58. The summed E-state index contributed by atoms with van der Waals surface area (Å²) in [6, 6.07) is 0. The zero-order valence-electron chi connectivity index (χ0n) is 14.2. The molecule has 9 heteroatoms. The topological polar surface area (TPSA) is 94.8 Å². The molecule has 3 heterocycles. The highest BCUT2D eigenvalue weighted by molar-refractivity contribution is 7.89. The molecule has 2 fully saturated rings. The quantitative estimate of drug-likeness (QED) is 0.781. The van der Waals surface area contributed by atoms with Gasteiger partial charge in [-0.05, 0) is 32.6 Å². The summed E-state index contributed by atoms with van der Waals surface area (Å²) in [6.07, 6.45) is 2.80. The number of piperidine rings is 1. The molecule has 0 N–H and O–H groups in total. The van der Waals surface area contributed by atoms with Crippen LogP contribution in [0.4, 0.5) is 0 Å². The summed E-state index contributed by atoms with van der Waals surface area (Å²) in [5.74, 6) is 1.53. The maximum atomic E-state index is 12.0. The van der Waals surface area contributed by atoms with Crippen molar-refractivity contribution in [1.29, 1.82) is 0 Å². The molecule has 1 aromatic rings. The predicted octanol–water partition coefficient (Wildman–Crippen LogP) is 1.25. The van der Waals surface area contributed by atoms with Gasteiger partial charge in [0, 0.05) is 39.3 Å². The molecule has 0 radical (unpaired) electrons. The van der Waals surface area contributed by atoms with E-state index in [0.29, 0.717) is 50.9 Å². The molecule has 2 aliphatic rings. The van der Waals surface area contributed by atoms with Crippen molar-refractivity contribution < 1.29 is 22.4 Å². The number of ether oxygens (including phenoxy) is 2. The lowest BCUT2D eigenvalue weighted by atomic mass is 9.92. The highest BCUT2D eigenvalue weighted by atomic mass is 32.2. The standard InChI is InChI=1S/C15H25N3O5S/c1-3-24(19,20)18-8-6-15(21-2,7-9-18)14-16-13(17-23-14)12-4-10-22-11-5-12/h12H,3-11H2,1-2H3. The van der Waals surface area contributed by atoms with Crippen LogP contribution in [-0.4, -0.2) is 62.0 Å². The zero-order valence-corrected chi connectivity index (χ0v) is 15.0. The van der Waals surface area contributed by atoms with Crippen molar-refractivity contribution in [3.8, 4) is 0 Å². The molecule has 24 heavy (non-hydrogen) atoms. The van der Waals surface area contributed by atoms with Crippen LogP contribution in [0.25, 0.3) is 0 Å². The Hall–Kier alpha value is -1.03. The van der Waals surface area contributed by atoms with E-state index in [9.17, 15) is 8.42 Å². The number of aromatic nitrogens is 2. The Morgan fingerprint density at radius 2 is 1.96 bits per heavy atom. The molecular formula is C15H25N3O5S. The minimum Gasteiger partial charge on any atom is -0.381 e. The lowest BCUT2D eigenvalue weighted by molar-refractivity contribution is -0.0725. The van der Waals surface area contributed by atoms with Crippen molar-refractivity contribution in [2.75, 3.05) is 39.2 Å². The summed E-state index contributed by atoms with van der Waals surface area (Å²) in [7, 11) is -1.56. The summed E-state index contributed by atoms with van der Waals surface area (Å²) < 4.78 is 42.1. The fourth-order valence-corrected chi connectivity index (χ4v) is 4.46. The number of hydrogen-bond acceptors (Lipinski definition) is 7. The maximum absolute atomic E-state index is 12.0. The first-order valence-corrected chi connectivity index (χ1v) is 10.1. The van der Waals surface area contributed by atoms with Gasteiger partial charge in [0.05, 0.1) is 5.75 Å². The Bertz CT molecular complexity index is 646. The zero-order chi connectivity index (χ0) is 17.2. The smallest absolute Gasteiger partial charge is 0.258 e. The number of rotatable bonds is 5. The average molecular weight is 359 g/mol. The summed E-state index contributed by atoms with van der Waals surface area (Å²) in [5, 5.41) is 4.14. The van der Waals surface area contributed by atoms with E-state index in [-0.39, 0.29) is 11.7 Å². The van der Waals surface area contributed by atoms with E-state index in [2.05, 4.69) is 10.1 Å². The number of hydrogen-bond donors (Lipinski definition) is 0. The van der Waals surface area contributed by atoms with Crippen molar-refractivity contribution in [3.63, 3.8) is 0 Å². The van der Waals surface area contributed by atoms with E-state index in [1.54, 1.807) is 14.0 Å². The van der Waals surface area contributed by atoms with Gasteiger partial charge in [-0.1, -0.05) is 5.16 Å². The van der Waals surface area contributed by atoms with Crippen LogP contribution in [0.2, 0.25) is 0 Å². The molecule has 0 aromatic carbocycles. The van der Waals surface area contributed by atoms with Crippen LogP contribution in [-0.2, 0) is 25.1 Å². The predicted molar refractivity (Wildman–Crippen MR) is 86.0 cm³/mol. The summed E-state index contributed by atoms with van der Waals surface area (Å²) >= 11 is 0. The first-order chi connectivity index (χ1) is 11.5. The van der Waals surface area contributed by atoms with Crippen LogP contribution in [0.3, 0.4) is 0 Å². The fraction of sp³-hybridized carbons (Fsp3) is 0.867. The minimum absolute atomic E-state index is 0.113. The number of sulfonamides is 1. The monoisotopic (exact) mass is 359 g/mol. The van der Waals surface area contributed by atoms with Gasteiger partial charge in [0.1, 0.15) is 5.60 Å². The largest absolute Gasteiger partial charge is 0.381 e. The van der Waals surface area contributed by atoms with Crippen LogP contribution >= 0.6 is 0 Å². The molecule has 1 aromatic heterocycles. The van der Waals surface area contributed by atoms with Crippen LogP contribution < -0.4 is 0 Å². The maximum Gasteiger partial charge on any atom is 0.258 e. The molecule has 0 aliphatic carbocycles. The van der Waals surface area contributed by atoms with E-state index in [1.807, 2.05) is 0 Å². The fourth-order valence-electron chi connectivity index (χ4n) is 3.35. The molecule has 3 rings (SSSR count). The first kappa shape index (κ1) is 17.8. The van der Waals surface area contributed by atoms with Gasteiger partial charge >= 0.3 is 0 Å².